The monoisotopic (exact) mass is 594 g/mol. The van der Waals surface area contributed by atoms with Crippen molar-refractivity contribution in [3.05, 3.63) is 35.4 Å². The third-order valence-electron chi connectivity index (χ3n) is 5.37. The van der Waals surface area contributed by atoms with Crippen molar-refractivity contribution in [3.63, 3.8) is 0 Å². The maximum absolute atomic E-state index is 5.55. The van der Waals surface area contributed by atoms with Crippen molar-refractivity contribution in [1.29, 1.82) is 0 Å². The van der Waals surface area contributed by atoms with E-state index in [4.69, 9.17) is 9.32 Å². The molecule has 0 atom stereocenters. The molecule has 0 aliphatic carbocycles. The fraction of sp³-hybridized carbons (Fsp3) is 0.692. The summed E-state index contributed by atoms with van der Waals surface area (Å²) in [5.74, 6) is 2.49. The summed E-state index contributed by atoms with van der Waals surface area (Å²) in [5.41, 5.74) is 2.54. The molecule has 0 unspecified atom stereocenters. The molecule has 0 bridgehead atoms. The molecular formula is C26H58N4Si6. The zero-order valence-electron chi connectivity index (χ0n) is 27.1. The summed E-state index contributed by atoms with van der Waals surface area (Å²) in [4.78, 5) is 0. The van der Waals surface area contributed by atoms with E-state index in [1.165, 1.54) is 22.8 Å². The third-order valence-corrected chi connectivity index (χ3v) is 21.4. The van der Waals surface area contributed by atoms with Crippen molar-refractivity contribution in [2.24, 2.45) is 9.32 Å². The van der Waals surface area contributed by atoms with Crippen LogP contribution in [0.2, 0.25) is 118 Å². The molecule has 1 rings (SSSR count). The Labute approximate surface area is 231 Å². The van der Waals surface area contributed by atoms with Gasteiger partial charge in [0.05, 0.1) is 0 Å². The van der Waals surface area contributed by atoms with Gasteiger partial charge in [-0.25, -0.2) is 0 Å². The fourth-order valence-corrected chi connectivity index (χ4v) is 26.7. The molecule has 0 radical (unpaired) electrons. The third kappa shape index (κ3) is 9.97. The van der Waals surface area contributed by atoms with Gasteiger partial charge in [0, 0.05) is 11.1 Å². The van der Waals surface area contributed by atoms with Gasteiger partial charge < -0.3 is 17.8 Å². The van der Waals surface area contributed by atoms with Crippen LogP contribution in [-0.2, 0) is 0 Å². The Morgan fingerprint density at radius 2 is 0.722 bits per heavy atom. The highest BCUT2D eigenvalue weighted by Crippen LogP contribution is 2.28. The van der Waals surface area contributed by atoms with Crippen LogP contribution in [0.5, 0.6) is 0 Å². The molecule has 0 fully saturated rings. The predicted octanol–water partition coefficient (Wildman–Crippen LogP) is 8.79. The Morgan fingerprint density at radius 1 is 0.472 bits per heavy atom. The molecule has 0 amide bonds. The molecule has 0 aromatic heterocycles. The highest BCUT2D eigenvalue weighted by molar-refractivity contribution is 6.94. The molecule has 10 heteroatoms. The van der Waals surface area contributed by atoms with Gasteiger partial charge in [0.25, 0.3) is 0 Å². The van der Waals surface area contributed by atoms with Gasteiger partial charge in [-0.3, -0.25) is 0 Å². The normalized spacial score (nSPS) is 15.3. The van der Waals surface area contributed by atoms with Crippen LogP contribution < -0.4 is 0 Å². The average Bonchev–Trinajstić information content (AvgIpc) is 2.53. The molecule has 1 aromatic carbocycles. The Hall–Kier alpha value is -0.539. The van der Waals surface area contributed by atoms with E-state index in [1.54, 1.807) is 0 Å². The summed E-state index contributed by atoms with van der Waals surface area (Å²) in [6, 6.07) is 9.28. The number of benzene rings is 1. The standard InChI is InChI=1S/C26H58N4Si6/c1-31(2,3)27-25(29(33(7,8)9)34(10,11)12)23-20-19-21-24(22-23)26(28-32(4,5)6)30(35(13,14)15)36(16,17)18/h19-22H,1-18H3/b27-25-,28-26+. The molecular weight excluding hydrogens is 537 g/mol. The fourth-order valence-electron chi connectivity index (χ4n) is 5.20. The molecule has 0 aliphatic rings. The maximum atomic E-state index is 5.55. The van der Waals surface area contributed by atoms with E-state index in [-0.39, 0.29) is 0 Å². The lowest BCUT2D eigenvalue weighted by atomic mass is 10.1. The minimum atomic E-state index is -1.72. The Kier molecular flexibility index (Phi) is 10.2. The number of rotatable bonds is 8. The van der Waals surface area contributed by atoms with Crippen molar-refractivity contribution < 1.29 is 0 Å². The SMILES string of the molecule is C[Si](C)(C)/N=C(/c1cccc(/C(=N\[Si](C)(C)C)N([Si](C)(C)C)[Si](C)(C)C)c1)N([Si](C)(C)C)[Si](C)(C)C. The van der Waals surface area contributed by atoms with Gasteiger partial charge in [-0.15, -0.1) is 0 Å². The van der Waals surface area contributed by atoms with Crippen LogP contribution in [0.3, 0.4) is 0 Å². The van der Waals surface area contributed by atoms with Gasteiger partial charge >= 0.3 is 0 Å². The van der Waals surface area contributed by atoms with Gasteiger partial charge in [0.1, 0.15) is 44.6 Å². The van der Waals surface area contributed by atoms with Crippen molar-refractivity contribution in [2.45, 2.75) is 118 Å². The molecule has 206 valence electrons. The highest BCUT2D eigenvalue weighted by atomic mass is 28.4. The van der Waals surface area contributed by atoms with Crippen LogP contribution >= 0.6 is 0 Å². The second-order valence-electron chi connectivity index (χ2n) is 16.1. The van der Waals surface area contributed by atoms with Crippen LogP contribution in [0.1, 0.15) is 11.1 Å². The van der Waals surface area contributed by atoms with Crippen LogP contribution in [-0.4, -0.2) is 69.5 Å². The molecule has 1 aromatic rings. The lowest BCUT2D eigenvalue weighted by Gasteiger charge is -2.48. The van der Waals surface area contributed by atoms with Crippen LogP contribution in [0.25, 0.3) is 0 Å². The predicted molar refractivity (Wildman–Crippen MR) is 183 cm³/mol. The average molecular weight is 595 g/mol. The van der Waals surface area contributed by atoms with Crippen LogP contribution in [0.4, 0.5) is 0 Å². The van der Waals surface area contributed by atoms with Gasteiger partial charge in [-0.1, -0.05) is 96.8 Å². The van der Waals surface area contributed by atoms with Crippen molar-refractivity contribution in [3.8, 4) is 0 Å². The molecule has 0 spiro atoms. The zero-order chi connectivity index (χ0) is 28.7. The summed E-state index contributed by atoms with van der Waals surface area (Å²) >= 11 is 0. The van der Waals surface area contributed by atoms with E-state index in [0.717, 1.165) is 0 Å². The summed E-state index contributed by atoms with van der Waals surface area (Å²) in [5, 5.41) is 0. The molecule has 0 heterocycles. The van der Waals surface area contributed by atoms with E-state index in [0.29, 0.717) is 0 Å². The Balaban J connectivity index is 4.07. The lowest BCUT2D eigenvalue weighted by molar-refractivity contribution is 0.896. The first kappa shape index (κ1) is 33.5. The largest absolute Gasteiger partial charge is 0.410 e. The first-order valence-electron chi connectivity index (χ1n) is 13.6. The lowest BCUT2D eigenvalue weighted by Crippen LogP contribution is -2.62. The second-order valence-corrected chi connectivity index (χ2v) is 45.3. The topological polar surface area (TPSA) is 31.2 Å². The molecule has 36 heavy (non-hydrogen) atoms. The van der Waals surface area contributed by atoms with Crippen LogP contribution in [0, 0.1) is 0 Å². The van der Waals surface area contributed by atoms with Gasteiger partial charge in [0.15, 0.2) is 16.5 Å². The molecule has 0 saturated heterocycles. The first-order chi connectivity index (χ1) is 15.6. The first-order valence-corrected chi connectivity index (χ1v) is 34.2. The smallest absolute Gasteiger partial charge is 0.174 e. The summed E-state index contributed by atoms with van der Waals surface area (Å²) in [6.07, 6.45) is 0. The van der Waals surface area contributed by atoms with Crippen molar-refractivity contribution in [2.75, 3.05) is 0 Å². The van der Waals surface area contributed by atoms with Crippen molar-refractivity contribution in [1.82, 2.24) is 8.46 Å². The Morgan fingerprint density at radius 3 is 0.917 bits per heavy atom. The summed E-state index contributed by atoms with van der Waals surface area (Å²) in [6.45, 7) is 43.9. The zero-order valence-corrected chi connectivity index (χ0v) is 33.1. The van der Waals surface area contributed by atoms with E-state index in [1.807, 2.05) is 0 Å². The minimum Gasteiger partial charge on any atom is -0.410 e. The van der Waals surface area contributed by atoms with Gasteiger partial charge in [0.2, 0.25) is 0 Å². The number of hydrogen-bond donors (Lipinski definition) is 0. The summed E-state index contributed by atoms with van der Waals surface area (Å²) in [7, 11) is -10.1. The quantitative estimate of drug-likeness (QED) is 0.171. The van der Waals surface area contributed by atoms with Gasteiger partial charge in [-0.2, -0.15) is 0 Å². The minimum absolute atomic E-state index is 1.24. The highest BCUT2D eigenvalue weighted by Gasteiger charge is 2.40. The second kappa shape index (κ2) is 10.9. The molecule has 0 saturated carbocycles. The maximum Gasteiger partial charge on any atom is 0.174 e. The number of nitrogens with zero attached hydrogens (tertiary/aromatic N) is 4. The van der Waals surface area contributed by atoms with Crippen LogP contribution in [0.15, 0.2) is 33.6 Å². The van der Waals surface area contributed by atoms with Gasteiger partial charge in [-0.05, 0) is 45.3 Å². The van der Waals surface area contributed by atoms with E-state index in [2.05, 4.69) is 151 Å². The summed E-state index contributed by atoms with van der Waals surface area (Å²) < 4.78 is 16.7. The Bertz CT molecular complexity index is 860. The molecule has 4 nitrogen and oxygen atoms in total. The molecule has 0 aliphatic heterocycles. The van der Waals surface area contributed by atoms with Crippen molar-refractivity contribution >= 4 is 61.1 Å². The van der Waals surface area contributed by atoms with E-state index in [9.17, 15) is 0 Å². The van der Waals surface area contributed by atoms with E-state index < -0.39 is 49.4 Å². The van der Waals surface area contributed by atoms with E-state index >= 15 is 0 Å². The number of hydrogen-bond acceptors (Lipinski definition) is 2. The molecule has 0 N–H and O–H groups in total. The number of amidine groups is 2.